The highest BCUT2D eigenvalue weighted by molar-refractivity contribution is 5.73. The Kier molecular flexibility index (Phi) is 4.96. The molecule has 1 rings (SSSR count). The minimum absolute atomic E-state index is 0.0868. The van der Waals surface area contributed by atoms with Crippen molar-refractivity contribution < 1.29 is 35.9 Å². The Balaban J connectivity index is 3.38. The van der Waals surface area contributed by atoms with E-state index in [9.17, 15) is 31.1 Å². The Morgan fingerprint density at radius 1 is 1.40 bits per heavy atom. The Morgan fingerprint density at radius 2 is 2.00 bits per heavy atom. The van der Waals surface area contributed by atoms with Crippen molar-refractivity contribution in [2.75, 3.05) is 6.61 Å². The maximum Gasteiger partial charge on any atom is 0.417 e. The van der Waals surface area contributed by atoms with E-state index in [4.69, 9.17) is 0 Å². The van der Waals surface area contributed by atoms with Gasteiger partial charge in [-0.25, -0.2) is 13.8 Å². The van der Waals surface area contributed by atoms with Gasteiger partial charge < -0.3 is 4.74 Å². The average Bonchev–Trinajstić information content (AvgIpc) is 2.29. The van der Waals surface area contributed by atoms with Gasteiger partial charge in [-0.2, -0.15) is 17.6 Å². The Hall–Kier alpha value is -1.80. The predicted octanol–water partition coefficient (Wildman–Crippen LogP) is 3.28. The molecule has 0 fully saturated rings. The van der Waals surface area contributed by atoms with Crippen molar-refractivity contribution in [3.63, 3.8) is 0 Å². The zero-order valence-electron chi connectivity index (χ0n) is 10.1. The Morgan fingerprint density at radius 3 is 2.45 bits per heavy atom. The van der Waals surface area contributed by atoms with E-state index in [1.165, 1.54) is 6.92 Å². The van der Waals surface area contributed by atoms with Crippen molar-refractivity contribution in [3.8, 4) is 0 Å². The lowest BCUT2D eigenvalue weighted by molar-refractivity contribution is -0.144. The number of nitrogens with zero attached hydrogens (tertiary/aromatic N) is 1. The fraction of sp³-hybridized carbons (Fsp3) is 0.455. The van der Waals surface area contributed by atoms with Crippen LogP contribution in [-0.4, -0.2) is 17.6 Å². The van der Waals surface area contributed by atoms with Gasteiger partial charge in [0, 0.05) is 6.20 Å². The van der Waals surface area contributed by atoms with E-state index in [2.05, 4.69) is 9.72 Å². The third-order valence-electron chi connectivity index (χ3n) is 2.29. The van der Waals surface area contributed by atoms with Crippen LogP contribution in [0.1, 0.15) is 30.0 Å². The smallest absolute Gasteiger partial charge is 0.417 e. The van der Waals surface area contributed by atoms with Crippen molar-refractivity contribution >= 4 is 5.97 Å². The van der Waals surface area contributed by atoms with Gasteiger partial charge in [0.1, 0.15) is 0 Å². The molecule has 112 valence electrons. The lowest BCUT2D eigenvalue weighted by Crippen LogP contribution is -2.19. The van der Waals surface area contributed by atoms with Crippen LogP contribution in [0, 0.1) is 5.95 Å². The number of rotatable bonds is 4. The van der Waals surface area contributed by atoms with Crippen LogP contribution in [0.2, 0.25) is 0 Å². The number of esters is 1. The van der Waals surface area contributed by atoms with Gasteiger partial charge in [0.15, 0.2) is 0 Å². The van der Waals surface area contributed by atoms with Crippen LogP contribution in [0.3, 0.4) is 0 Å². The van der Waals surface area contributed by atoms with Gasteiger partial charge in [-0.05, 0) is 12.5 Å². The summed E-state index contributed by atoms with van der Waals surface area (Å²) in [6.45, 7) is 1.34. The second-order valence-corrected chi connectivity index (χ2v) is 3.64. The lowest BCUT2D eigenvalue weighted by Gasteiger charge is -2.16. The molecule has 0 bridgehead atoms. The van der Waals surface area contributed by atoms with Crippen LogP contribution in [0.15, 0.2) is 6.20 Å². The van der Waals surface area contributed by atoms with Crippen LogP contribution in [0.5, 0.6) is 0 Å². The fourth-order valence-corrected chi connectivity index (χ4v) is 1.58. The predicted molar refractivity (Wildman–Crippen MR) is 54.5 cm³/mol. The van der Waals surface area contributed by atoms with Crippen LogP contribution in [0.25, 0.3) is 0 Å². The highest BCUT2D eigenvalue weighted by Crippen LogP contribution is 2.39. The van der Waals surface area contributed by atoms with Crippen molar-refractivity contribution in [2.24, 2.45) is 0 Å². The number of pyridine rings is 1. The molecular formula is C11H9F6NO2. The number of alkyl halides is 5. The quantitative estimate of drug-likeness (QED) is 0.487. The van der Waals surface area contributed by atoms with E-state index < -0.39 is 47.6 Å². The molecule has 0 aliphatic carbocycles. The molecule has 0 aromatic carbocycles. The first kappa shape index (κ1) is 16.3. The van der Waals surface area contributed by atoms with Crippen LogP contribution in [0.4, 0.5) is 26.3 Å². The summed E-state index contributed by atoms with van der Waals surface area (Å²) in [5, 5.41) is 0. The number of carbonyl (C=O) groups is 1. The lowest BCUT2D eigenvalue weighted by atomic mass is 10.0. The summed E-state index contributed by atoms with van der Waals surface area (Å²) in [4.78, 5) is 14.0. The summed E-state index contributed by atoms with van der Waals surface area (Å²) >= 11 is 0. The largest absolute Gasteiger partial charge is 0.466 e. The number of hydrogen-bond acceptors (Lipinski definition) is 3. The number of ether oxygens (including phenoxy) is 1. The van der Waals surface area contributed by atoms with Gasteiger partial charge >= 0.3 is 12.1 Å². The molecule has 0 unspecified atom stereocenters. The number of halogens is 6. The maximum absolute atomic E-state index is 13.1. The van der Waals surface area contributed by atoms with E-state index in [1.807, 2.05) is 0 Å². The minimum atomic E-state index is -5.24. The zero-order chi connectivity index (χ0) is 15.5. The SMILES string of the molecule is CCOC(=O)Cc1cnc(F)c(C(F)F)c1C(F)(F)F. The van der Waals surface area contributed by atoms with Gasteiger partial charge in [0.2, 0.25) is 5.95 Å². The van der Waals surface area contributed by atoms with Crippen molar-refractivity contribution in [2.45, 2.75) is 25.9 Å². The Labute approximate surface area is 109 Å². The van der Waals surface area contributed by atoms with Gasteiger partial charge in [-0.3, -0.25) is 4.79 Å². The summed E-state index contributed by atoms with van der Waals surface area (Å²) in [6.07, 6.45) is -9.46. The van der Waals surface area contributed by atoms with Crippen LogP contribution < -0.4 is 0 Å². The first-order valence-corrected chi connectivity index (χ1v) is 5.36. The third kappa shape index (κ3) is 3.61. The molecule has 0 aliphatic heterocycles. The first-order valence-electron chi connectivity index (χ1n) is 5.36. The molecule has 20 heavy (non-hydrogen) atoms. The molecule has 0 saturated carbocycles. The molecule has 0 amide bonds. The molecule has 0 saturated heterocycles. The highest BCUT2D eigenvalue weighted by atomic mass is 19.4. The normalized spacial score (nSPS) is 11.8. The molecular weight excluding hydrogens is 292 g/mol. The second-order valence-electron chi connectivity index (χ2n) is 3.64. The molecule has 0 N–H and O–H groups in total. The van der Waals surface area contributed by atoms with E-state index in [0.29, 0.717) is 6.20 Å². The van der Waals surface area contributed by atoms with Crippen molar-refractivity contribution in [1.29, 1.82) is 0 Å². The van der Waals surface area contributed by atoms with Crippen LogP contribution in [-0.2, 0) is 22.1 Å². The molecule has 0 atom stereocenters. The Bertz CT molecular complexity index is 500. The summed E-state index contributed by atoms with van der Waals surface area (Å²) in [6, 6.07) is 0. The summed E-state index contributed by atoms with van der Waals surface area (Å²) < 4.78 is 81.1. The van der Waals surface area contributed by atoms with E-state index in [-0.39, 0.29) is 6.61 Å². The van der Waals surface area contributed by atoms with Crippen molar-refractivity contribution in [3.05, 3.63) is 28.8 Å². The summed E-state index contributed by atoms with van der Waals surface area (Å²) in [7, 11) is 0. The van der Waals surface area contributed by atoms with Gasteiger partial charge in [-0.15, -0.1) is 0 Å². The van der Waals surface area contributed by atoms with Gasteiger partial charge in [-0.1, -0.05) is 0 Å². The van der Waals surface area contributed by atoms with Crippen LogP contribution >= 0.6 is 0 Å². The van der Waals surface area contributed by atoms with Crippen molar-refractivity contribution in [1.82, 2.24) is 4.98 Å². The third-order valence-corrected chi connectivity index (χ3v) is 2.29. The molecule has 3 nitrogen and oxygen atoms in total. The van der Waals surface area contributed by atoms with E-state index in [0.717, 1.165) is 0 Å². The number of carbonyl (C=O) groups excluding carboxylic acids is 1. The monoisotopic (exact) mass is 301 g/mol. The molecule has 0 spiro atoms. The average molecular weight is 301 g/mol. The number of aromatic nitrogens is 1. The molecule has 1 heterocycles. The molecule has 9 heteroatoms. The second kappa shape index (κ2) is 6.10. The standard InChI is InChI=1S/C11H9F6NO2/c1-2-20-6(19)3-5-4-18-10(14)7(9(12)13)8(5)11(15,16)17/h4,9H,2-3H2,1H3. The zero-order valence-corrected chi connectivity index (χ0v) is 10.1. The molecule has 1 aromatic rings. The minimum Gasteiger partial charge on any atom is -0.466 e. The van der Waals surface area contributed by atoms with Gasteiger partial charge in [0.05, 0.1) is 24.2 Å². The van der Waals surface area contributed by atoms with E-state index in [1.54, 1.807) is 0 Å². The molecule has 0 radical (unpaired) electrons. The first-order chi connectivity index (χ1) is 9.18. The number of hydrogen-bond donors (Lipinski definition) is 0. The fourth-order valence-electron chi connectivity index (χ4n) is 1.58. The maximum atomic E-state index is 13.1. The van der Waals surface area contributed by atoms with Gasteiger partial charge in [0.25, 0.3) is 6.43 Å². The molecule has 0 aliphatic rings. The summed E-state index contributed by atoms with van der Waals surface area (Å²) in [5.41, 5.74) is -4.60. The highest BCUT2D eigenvalue weighted by Gasteiger charge is 2.41. The van der Waals surface area contributed by atoms with E-state index >= 15 is 0 Å². The summed E-state index contributed by atoms with van der Waals surface area (Å²) in [5.74, 6) is -2.97. The molecule has 1 aromatic heterocycles. The topological polar surface area (TPSA) is 39.2 Å².